The molecule has 1 saturated carbocycles. The van der Waals surface area contributed by atoms with Crippen molar-refractivity contribution in [3.8, 4) is 5.75 Å². The van der Waals surface area contributed by atoms with Crippen molar-refractivity contribution in [1.29, 1.82) is 0 Å². The van der Waals surface area contributed by atoms with E-state index in [1.807, 2.05) is 35.2 Å². The molecule has 1 aliphatic rings. The largest absolute Gasteiger partial charge is 0.506 e. The van der Waals surface area contributed by atoms with Gasteiger partial charge in [0.25, 0.3) is 0 Å². The normalized spacial score (nSPS) is 14.9. The predicted octanol–water partition coefficient (Wildman–Crippen LogP) is 4.20. The molecule has 1 aliphatic carbocycles. The van der Waals surface area contributed by atoms with Gasteiger partial charge >= 0.3 is 4.87 Å². The molecule has 0 aliphatic heterocycles. The van der Waals surface area contributed by atoms with Crippen molar-refractivity contribution in [3.63, 3.8) is 0 Å². The molecule has 0 saturated heterocycles. The number of nitrogens with zero attached hydrogens (tertiary/aromatic N) is 1. The second-order valence-electron chi connectivity index (χ2n) is 9.62. The van der Waals surface area contributed by atoms with Crippen LogP contribution < -0.4 is 15.9 Å². The third kappa shape index (κ3) is 7.09. The number of nitrogens with one attached hydrogen (secondary N) is 2. The molecule has 9 heteroatoms. The Morgan fingerprint density at radius 3 is 2.67 bits per heavy atom. The van der Waals surface area contributed by atoms with Gasteiger partial charge in [0.15, 0.2) is 0 Å². The molecular weight excluding hydrogens is 496 g/mol. The number of carbonyl (C=O) groups excluding carboxylic acids is 1. The van der Waals surface area contributed by atoms with Crippen LogP contribution in [0.3, 0.4) is 0 Å². The molecule has 0 bridgehead atoms. The summed E-state index contributed by atoms with van der Waals surface area (Å²) in [7, 11) is 0. The number of hydrogen-bond donors (Lipinski definition) is 4. The third-order valence-electron chi connectivity index (χ3n) is 6.98. The number of rotatable bonds is 12. The molecule has 194 valence electrons. The van der Waals surface area contributed by atoms with Crippen LogP contribution in [0.5, 0.6) is 5.75 Å². The topological polar surface area (TPSA) is 111 Å². The molecule has 1 unspecified atom stereocenters. The van der Waals surface area contributed by atoms with Crippen LogP contribution in [0, 0.1) is 0 Å². The van der Waals surface area contributed by atoms with Crippen LogP contribution in [0.2, 0.25) is 5.02 Å². The van der Waals surface area contributed by atoms with Gasteiger partial charge in [0, 0.05) is 36.6 Å². The van der Waals surface area contributed by atoms with E-state index in [1.165, 1.54) is 18.4 Å². The monoisotopic (exact) mass is 530 g/mol. The van der Waals surface area contributed by atoms with Crippen molar-refractivity contribution < 1.29 is 9.90 Å². The number of nitrogens with two attached hydrogens (primary N) is 1. The number of carbonyl (C=O) groups is 1. The Morgan fingerprint density at radius 1 is 1.17 bits per heavy atom. The molecule has 5 N–H and O–H groups in total. The number of aromatic hydroxyl groups is 1. The van der Waals surface area contributed by atoms with Gasteiger partial charge in [-0.2, -0.15) is 0 Å². The fourth-order valence-corrected chi connectivity index (χ4v) is 6.01. The minimum absolute atomic E-state index is 0.0946. The number of aromatic amines is 1. The summed E-state index contributed by atoms with van der Waals surface area (Å²) < 4.78 is 0.803. The zero-order chi connectivity index (χ0) is 25.5. The number of aryl methyl sites for hydroxylation is 1. The van der Waals surface area contributed by atoms with Crippen LogP contribution in [0.15, 0.2) is 41.2 Å². The third-order valence-corrected chi connectivity index (χ3v) is 8.19. The summed E-state index contributed by atoms with van der Waals surface area (Å²) in [5, 5.41) is 14.1. The van der Waals surface area contributed by atoms with E-state index in [2.05, 4.69) is 10.3 Å². The van der Waals surface area contributed by atoms with Crippen molar-refractivity contribution in [3.05, 3.63) is 62.2 Å². The Bertz CT molecular complexity index is 1200. The quantitative estimate of drug-likeness (QED) is 0.262. The highest BCUT2D eigenvalue weighted by Crippen LogP contribution is 2.28. The summed E-state index contributed by atoms with van der Waals surface area (Å²) in [5.74, 6) is 0.238. The van der Waals surface area contributed by atoms with Gasteiger partial charge in [0.1, 0.15) is 11.3 Å². The summed E-state index contributed by atoms with van der Waals surface area (Å²) in [6.07, 6.45) is 7.14. The number of halogens is 1. The van der Waals surface area contributed by atoms with Crippen LogP contribution in [0.4, 0.5) is 0 Å². The van der Waals surface area contributed by atoms with Gasteiger partial charge in [0.2, 0.25) is 5.91 Å². The molecule has 1 fully saturated rings. The molecule has 4 rings (SSSR count). The van der Waals surface area contributed by atoms with E-state index in [0.29, 0.717) is 31.1 Å². The van der Waals surface area contributed by atoms with Crippen molar-refractivity contribution in [1.82, 2.24) is 15.2 Å². The SMILES string of the molecule is NC(CCc1ccc(Cl)cc1)CC(=O)N(CCNCCc1ccc(O)c2[nH]c(=O)sc12)C1CCCC1. The fraction of sp³-hybridized carbons (Fsp3) is 0.481. The fourth-order valence-electron chi connectivity index (χ4n) is 4.99. The van der Waals surface area contributed by atoms with E-state index in [-0.39, 0.29) is 22.6 Å². The zero-order valence-electron chi connectivity index (χ0n) is 20.5. The number of aromatic nitrogens is 1. The highest BCUT2D eigenvalue weighted by molar-refractivity contribution is 7.16. The van der Waals surface area contributed by atoms with Gasteiger partial charge < -0.3 is 26.0 Å². The maximum Gasteiger partial charge on any atom is 0.305 e. The summed E-state index contributed by atoms with van der Waals surface area (Å²) in [4.78, 5) is 29.5. The van der Waals surface area contributed by atoms with Crippen LogP contribution in [-0.2, 0) is 17.6 Å². The second kappa shape index (κ2) is 12.7. The molecule has 0 radical (unpaired) electrons. The molecule has 1 aromatic heterocycles. The van der Waals surface area contributed by atoms with Crippen LogP contribution in [0.25, 0.3) is 10.2 Å². The summed E-state index contributed by atoms with van der Waals surface area (Å²) in [6.45, 7) is 2.09. The number of fused-ring (bicyclic) bond motifs is 1. The Morgan fingerprint density at radius 2 is 1.92 bits per heavy atom. The van der Waals surface area contributed by atoms with E-state index >= 15 is 0 Å². The number of benzene rings is 2. The van der Waals surface area contributed by atoms with E-state index in [9.17, 15) is 14.7 Å². The number of phenolic OH excluding ortho intramolecular Hbond substituents is 1. The van der Waals surface area contributed by atoms with E-state index in [0.717, 1.165) is 65.3 Å². The Labute approximate surface area is 220 Å². The average Bonchev–Trinajstić information content (AvgIpc) is 3.52. The molecule has 3 aromatic rings. The van der Waals surface area contributed by atoms with Gasteiger partial charge in [-0.15, -0.1) is 0 Å². The van der Waals surface area contributed by atoms with Crippen molar-refractivity contribution in [2.24, 2.45) is 5.73 Å². The van der Waals surface area contributed by atoms with E-state index in [4.69, 9.17) is 17.3 Å². The molecule has 0 spiro atoms. The molecule has 1 atom stereocenters. The number of hydrogen-bond acceptors (Lipinski definition) is 6. The van der Waals surface area contributed by atoms with Crippen molar-refractivity contribution in [2.75, 3.05) is 19.6 Å². The first kappa shape index (κ1) is 26.7. The lowest BCUT2D eigenvalue weighted by Gasteiger charge is -2.30. The van der Waals surface area contributed by atoms with Crippen LogP contribution in [0.1, 0.15) is 49.7 Å². The highest BCUT2D eigenvalue weighted by Gasteiger charge is 2.27. The van der Waals surface area contributed by atoms with E-state index in [1.54, 1.807) is 6.07 Å². The number of H-pyrrole nitrogens is 1. The lowest BCUT2D eigenvalue weighted by Crippen LogP contribution is -2.45. The maximum absolute atomic E-state index is 13.2. The lowest BCUT2D eigenvalue weighted by atomic mass is 10.0. The molecular formula is C27H35ClN4O3S. The van der Waals surface area contributed by atoms with Gasteiger partial charge in [0.05, 0.1) is 4.70 Å². The number of thiazole rings is 1. The Kier molecular flexibility index (Phi) is 9.42. The maximum atomic E-state index is 13.2. The minimum Gasteiger partial charge on any atom is -0.506 e. The number of phenols is 1. The first-order valence-corrected chi connectivity index (χ1v) is 13.9. The van der Waals surface area contributed by atoms with Crippen LogP contribution >= 0.6 is 22.9 Å². The van der Waals surface area contributed by atoms with Crippen molar-refractivity contribution in [2.45, 2.75) is 63.5 Å². The van der Waals surface area contributed by atoms with Gasteiger partial charge in [-0.25, -0.2) is 0 Å². The van der Waals surface area contributed by atoms with Crippen molar-refractivity contribution >= 4 is 39.1 Å². The van der Waals surface area contributed by atoms with Gasteiger partial charge in [-0.3, -0.25) is 9.59 Å². The Balaban J connectivity index is 1.25. The summed E-state index contributed by atoms with van der Waals surface area (Å²) in [6, 6.07) is 11.4. The highest BCUT2D eigenvalue weighted by atomic mass is 35.5. The summed E-state index contributed by atoms with van der Waals surface area (Å²) in [5.41, 5.74) is 9.06. The van der Waals surface area contributed by atoms with Gasteiger partial charge in [-0.1, -0.05) is 54.0 Å². The Hall–Kier alpha value is -2.39. The molecule has 1 amide bonds. The molecule has 7 nitrogen and oxygen atoms in total. The lowest BCUT2D eigenvalue weighted by molar-refractivity contribution is -0.133. The average molecular weight is 531 g/mol. The standard InChI is InChI=1S/C27H35ClN4O3S/c28-20-9-5-18(6-10-20)7-11-21(29)17-24(34)32(22-3-1-2-4-22)16-15-30-14-13-19-8-12-23(33)25-26(19)36-27(35)31-25/h5-6,8-10,12,21-22,30,33H,1-4,7,11,13-17,29H2,(H,31,35). The first-order valence-electron chi connectivity index (χ1n) is 12.7. The van der Waals surface area contributed by atoms with E-state index < -0.39 is 0 Å². The molecule has 1 heterocycles. The number of amides is 1. The summed E-state index contributed by atoms with van der Waals surface area (Å²) >= 11 is 7.08. The molecule has 36 heavy (non-hydrogen) atoms. The van der Waals surface area contributed by atoms with Gasteiger partial charge in [-0.05, 0) is 68.0 Å². The zero-order valence-corrected chi connectivity index (χ0v) is 22.0. The predicted molar refractivity (Wildman–Crippen MR) is 147 cm³/mol. The first-order chi connectivity index (χ1) is 17.4. The minimum atomic E-state index is -0.171. The second-order valence-corrected chi connectivity index (χ2v) is 11.0. The molecule has 2 aromatic carbocycles. The smallest absolute Gasteiger partial charge is 0.305 e. The van der Waals surface area contributed by atoms with Crippen LogP contribution in [-0.4, -0.2) is 52.6 Å².